The van der Waals surface area contributed by atoms with E-state index in [0.29, 0.717) is 33.4 Å². The molecular formula is C25H22ClN7O. The Labute approximate surface area is 200 Å². The fourth-order valence-corrected chi connectivity index (χ4v) is 4.24. The minimum atomic E-state index is -0.199. The lowest BCUT2D eigenvalue weighted by molar-refractivity contribution is 0.845. The van der Waals surface area contributed by atoms with Crippen LogP contribution in [-0.2, 0) is 7.05 Å². The van der Waals surface area contributed by atoms with Crippen LogP contribution in [-0.4, -0.2) is 29.7 Å². The molecule has 0 spiro atoms. The molecule has 8 nitrogen and oxygen atoms in total. The average molecular weight is 472 g/mol. The first-order valence-electron chi connectivity index (χ1n) is 10.8. The second kappa shape index (κ2) is 8.72. The third-order valence-corrected chi connectivity index (χ3v) is 5.94. The number of pyridine rings is 1. The van der Waals surface area contributed by atoms with Crippen LogP contribution in [0.2, 0.25) is 5.15 Å². The summed E-state index contributed by atoms with van der Waals surface area (Å²) in [6.45, 7) is 4.00. The monoisotopic (exact) mass is 471 g/mol. The van der Waals surface area contributed by atoms with Crippen molar-refractivity contribution >= 4 is 28.2 Å². The van der Waals surface area contributed by atoms with Gasteiger partial charge in [0.05, 0.1) is 22.6 Å². The zero-order chi connectivity index (χ0) is 23.8. The number of anilines is 1. The number of nitrogens with zero attached hydrogens (tertiary/aromatic N) is 5. The van der Waals surface area contributed by atoms with Crippen molar-refractivity contribution < 1.29 is 0 Å². The summed E-state index contributed by atoms with van der Waals surface area (Å²) in [5.41, 5.74) is 4.63. The van der Waals surface area contributed by atoms with Crippen LogP contribution in [0.25, 0.3) is 33.8 Å². The van der Waals surface area contributed by atoms with Gasteiger partial charge in [0, 0.05) is 18.2 Å². The van der Waals surface area contributed by atoms with Gasteiger partial charge < -0.3 is 5.32 Å². The molecule has 5 aromatic rings. The molecule has 5 rings (SSSR count). The van der Waals surface area contributed by atoms with E-state index in [1.165, 1.54) is 6.33 Å². The maximum Gasteiger partial charge on any atom is 0.261 e. The molecule has 0 bridgehead atoms. The predicted octanol–water partition coefficient (Wildman–Crippen LogP) is 4.92. The van der Waals surface area contributed by atoms with Gasteiger partial charge in [-0.2, -0.15) is 5.10 Å². The van der Waals surface area contributed by atoms with Crippen LogP contribution in [0, 0.1) is 6.92 Å². The highest BCUT2D eigenvalue weighted by molar-refractivity contribution is 6.29. The average Bonchev–Trinajstić information content (AvgIpc) is 3.38. The number of aryl methyl sites for hydroxylation is 1. The van der Waals surface area contributed by atoms with Crippen molar-refractivity contribution in [3.8, 4) is 22.9 Å². The van der Waals surface area contributed by atoms with E-state index in [1.54, 1.807) is 17.7 Å². The van der Waals surface area contributed by atoms with E-state index in [1.807, 2.05) is 56.3 Å². The highest BCUT2D eigenvalue weighted by Gasteiger charge is 2.19. The zero-order valence-corrected chi connectivity index (χ0v) is 19.6. The number of H-pyrrole nitrogens is 1. The Balaban J connectivity index is 1.65. The van der Waals surface area contributed by atoms with Crippen LogP contribution in [0.3, 0.4) is 0 Å². The number of halogens is 1. The van der Waals surface area contributed by atoms with E-state index < -0.39 is 0 Å². The van der Waals surface area contributed by atoms with Crippen LogP contribution < -0.4 is 10.9 Å². The largest absolute Gasteiger partial charge is 0.377 e. The van der Waals surface area contributed by atoms with Crippen LogP contribution in [0.5, 0.6) is 0 Å². The van der Waals surface area contributed by atoms with Gasteiger partial charge in [0.1, 0.15) is 23.0 Å². The molecule has 0 aliphatic carbocycles. The van der Waals surface area contributed by atoms with Crippen molar-refractivity contribution in [3.05, 3.63) is 87.6 Å². The first-order valence-corrected chi connectivity index (χ1v) is 11.2. The van der Waals surface area contributed by atoms with Gasteiger partial charge in [0.15, 0.2) is 5.82 Å². The van der Waals surface area contributed by atoms with Gasteiger partial charge in [-0.3, -0.25) is 14.5 Å². The predicted molar refractivity (Wildman–Crippen MR) is 134 cm³/mol. The number of fused-ring (bicyclic) bond motifs is 1. The maximum atomic E-state index is 13.3. The Kier molecular flexibility index (Phi) is 5.59. The molecule has 34 heavy (non-hydrogen) atoms. The molecule has 0 fully saturated rings. The normalized spacial score (nSPS) is 12.1. The summed E-state index contributed by atoms with van der Waals surface area (Å²) in [6, 6.07) is 17.0. The van der Waals surface area contributed by atoms with Gasteiger partial charge in [0.25, 0.3) is 5.56 Å². The fraction of sp³-hybridized carbons (Fsp3) is 0.160. The Hall–Kier alpha value is -4.04. The standard InChI is InChI=1S/C25H22ClN7O/c1-14-11-17(15(2)29-19-9-10-20(26)30-22(19)23-27-13-28-32-23)21-18(12-14)25(34)33(3)24(31-21)16-7-5-4-6-8-16/h4-13,15,29H,1-3H3,(H,27,28,32). The van der Waals surface area contributed by atoms with E-state index in [4.69, 9.17) is 16.6 Å². The molecule has 3 heterocycles. The van der Waals surface area contributed by atoms with Gasteiger partial charge >= 0.3 is 0 Å². The van der Waals surface area contributed by atoms with Gasteiger partial charge in [-0.05, 0) is 37.6 Å². The van der Waals surface area contributed by atoms with Crippen LogP contribution >= 0.6 is 11.6 Å². The third-order valence-electron chi connectivity index (χ3n) is 5.73. The number of rotatable bonds is 5. The van der Waals surface area contributed by atoms with Crippen molar-refractivity contribution in [2.24, 2.45) is 7.05 Å². The summed E-state index contributed by atoms with van der Waals surface area (Å²) in [4.78, 5) is 26.9. The van der Waals surface area contributed by atoms with Crippen LogP contribution in [0.1, 0.15) is 24.1 Å². The summed E-state index contributed by atoms with van der Waals surface area (Å²) < 4.78 is 1.60. The molecule has 2 N–H and O–H groups in total. The molecule has 0 saturated heterocycles. The van der Waals surface area contributed by atoms with E-state index in [-0.39, 0.29) is 11.6 Å². The van der Waals surface area contributed by atoms with Crippen molar-refractivity contribution in [1.29, 1.82) is 0 Å². The van der Waals surface area contributed by atoms with Crippen molar-refractivity contribution in [3.63, 3.8) is 0 Å². The first-order chi connectivity index (χ1) is 16.4. The van der Waals surface area contributed by atoms with E-state index in [9.17, 15) is 4.79 Å². The number of hydrogen-bond donors (Lipinski definition) is 2. The summed E-state index contributed by atoms with van der Waals surface area (Å²) in [6.07, 6.45) is 1.42. The van der Waals surface area contributed by atoms with Crippen molar-refractivity contribution in [2.45, 2.75) is 19.9 Å². The lowest BCUT2D eigenvalue weighted by Crippen LogP contribution is -2.21. The molecule has 2 aromatic carbocycles. The third kappa shape index (κ3) is 3.92. The second-order valence-corrected chi connectivity index (χ2v) is 8.53. The number of nitrogens with one attached hydrogen (secondary N) is 2. The van der Waals surface area contributed by atoms with Crippen LogP contribution in [0.4, 0.5) is 5.69 Å². The minimum Gasteiger partial charge on any atom is -0.377 e. The summed E-state index contributed by atoms with van der Waals surface area (Å²) >= 11 is 6.15. The SMILES string of the molecule is Cc1cc(C(C)Nc2ccc(Cl)nc2-c2ncn[nH]2)c2nc(-c3ccccc3)n(C)c(=O)c2c1. The Morgan fingerprint density at radius 1 is 1.09 bits per heavy atom. The quantitative estimate of drug-likeness (QED) is 0.353. The van der Waals surface area contributed by atoms with Gasteiger partial charge in [-0.1, -0.05) is 48.0 Å². The molecule has 170 valence electrons. The molecular weight excluding hydrogens is 450 g/mol. The summed E-state index contributed by atoms with van der Waals surface area (Å²) in [7, 11) is 1.75. The van der Waals surface area contributed by atoms with E-state index in [0.717, 1.165) is 22.4 Å². The van der Waals surface area contributed by atoms with Crippen LogP contribution in [0.15, 0.2) is 65.7 Å². The number of aromatic amines is 1. The molecule has 0 radical (unpaired) electrons. The molecule has 1 unspecified atom stereocenters. The smallest absolute Gasteiger partial charge is 0.261 e. The van der Waals surface area contributed by atoms with E-state index >= 15 is 0 Å². The Bertz CT molecular complexity index is 1550. The summed E-state index contributed by atoms with van der Waals surface area (Å²) in [5, 5.41) is 11.2. The maximum absolute atomic E-state index is 13.3. The number of aromatic nitrogens is 6. The Morgan fingerprint density at radius 3 is 2.62 bits per heavy atom. The molecule has 0 amide bonds. The van der Waals surface area contributed by atoms with Gasteiger partial charge in [-0.25, -0.2) is 15.0 Å². The van der Waals surface area contributed by atoms with E-state index in [2.05, 4.69) is 31.5 Å². The molecule has 0 aliphatic heterocycles. The highest BCUT2D eigenvalue weighted by atomic mass is 35.5. The zero-order valence-electron chi connectivity index (χ0n) is 18.9. The van der Waals surface area contributed by atoms with Gasteiger partial charge in [-0.15, -0.1) is 0 Å². The first kappa shape index (κ1) is 21.8. The second-order valence-electron chi connectivity index (χ2n) is 8.15. The molecule has 0 aliphatic rings. The topological polar surface area (TPSA) is 101 Å². The molecule has 0 saturated carbocycles. The number of hydrogen-bond acceptors (Lipinski definition) is 6. The molecule has 3 aromatic heterocycles. The molecule has 1 atom stereocenters. The number of benzene rings is 2. The van der Waals surface area contributed by atoms with Crippen molar-refractivity contribution in [1.82, 2.24) is 29.7 Å². The Morgan fingerprint density at radius 2 is 1.88 bits per heavy atom. The lowest BCUT2D eigenvalue weighted by atomic mass is 10.0. The summed E-state index contributed by atoms with van der Waals surface area (Å²) in [5.74, 6) is 1.12. The lowest BCUT2D eigenvalue weighted by Gasteiger charge is -2.20. The highest BCUT2D eigenvalue weighted by Crippen LogP contribution is 2.31. The molecule has 9 heteroatoms. The minimum absolute atomic E-state index is 0.0866. The fourth-order valence-electron chi connectivity index (χ4n) is 4.09. The van der Waals surface area contributed by atoms with Crippen molar-refractivity contribution in [2.75, 3.05) is 5.32 Å². The van der Waals surface area contributed by atoms with Gasteiger partial charge in [0.2, 0.25) is 0 Å².